The highest BCUT2D eigenvalue weighted by Crippen LogP contribution is 2.41. The predicted molar refractivity (Wildman–Crippen MR) is 95.2 cm³/mol. The Bertz CT molecular complexity index is 540. The fraction of sp³-hybridized carbons (Fsp3) is 0.789. The third-order valence-electron chi connectivity index (χ3n) is 5.21. The smallest absolute Gasteiger partial charge is 0.187 e. The van der Waals surface area contributed by atoms with Crippen LogP contribution >= 0.6 is 0 Å². The Kier molecular flexibility index (Phi) is 7.01. The number of ether oxygens (including phenoxy) is 2. The van der Waals surface area contributed by atoms with E-state index in [1.54, 1.807) is 6.92 Å². The lowest BCUT2D eigenvalue weighted by Crippen LogP contribution is -2.59. The number of hydrogen-bond donors (Lipinski definition) is 5. The van der Waals surface area contributed by atoms with Crippen LogP contribution in [0.5, 0.6) is 0 Å². The number of aliphatic hydroxyl groups excluding tert-OH is 5. The Morgan fingerprint density at radius 3 is 2.42 bits per heavy atom. The van der Waals surface area contributed by atoms with Gasteiger partial charge in [0.15, 0.2) is 6.29 Å². The minimum atomic E-state index is -1.45. The molecule has 2 aliphatic rings. The molecule has 7 nitrogen and oxygen atoms in total. The van der Waals surface area contributed by atoms with Gasteiger partial charge >= 0.3 is 0 Å². The molecule has 0 saturated carbocycles. The first kappa shape index (κ1) is 21.5. The molecule has 26 heavy (non-hydrogen) atoms. The first-order chi connectivity index (χ1) is 12.1. The average Bonchev–Trinajstić information content (AvgIpc) is 2.53. The quantitative estimate of drug-likeness (QED) is 0.469. The molecule has 1 aliphatic heterocycles. The summed E-state index contributed by atoms with van der Waals surface area (Å²) in [4.78, 5) is 0. The van der Waals surface area contributed by atoms with E-state index in [-0.39, 0.29) is 11.5 Å². The van der Waals surface area contributed by atoms with Crippen LogP contribution in [0.25, 0.3) is 0 Å². The maximum Gasteiger partial charge on any atom is 0.187 e. The molecule has 1 heterocycles. The molecule has 0 aromatic rings. The van der Waals surface area contributed by atoms with Gasteiger partial charge in [-0.05, 0) is 37.7 Å². The Morgan fingerprint density at radius 2 is 1.85 bits per heavy atom. The second-order valence-corrected chi connectivity index (χ2v) is 8.04. The second kappa shape index (κ2) is 8.48. The molecule has 2 unspecified atom stereocenters. The summed E-state index contributed by atoms with van der Waals surface area (Å²) in [5, 5.41) is 48.8. The van der Waals surface area contributed by atoms with E-state index in [1.807, 2.05) is 19.1 Å². The van der Waals surface area contributed by atoms with Crippen molar-refractivity contribution in [3.05, 3.63) is 23.3 Å². The fourth-order valence-corrected chi connectivity index (χ4v) is 3.85. The third-order valence-corrected chi connectivity index (χ3v) is 5.21. The summed E-state index contributed by atoms with van der Waals surface area (Å²) < 4.78 is 11.0. The van der Waals surface area contributed by atoms with Gasteiger partial charge in [0.05, 0.1) is 18.8 Å². The van der Waals surface area contributed by atoms with Gasteiger partial charge in [0.25, 0.3) is 0 Å². The summed E-state index contributed by atoms with van der Waals surface area (Å²) >= 11 is 0. The number of rotatable bonds is 5. The van der Waals surface area contributed by atoms with Gasteiger partial charge in [-0.3, -0.25) is 0 Å². The van der Waals surface area contributed by atoms with Gasteiger partial charge in [-0.1, -0.05) is 31.6 Å². The Balaban J connectivity index is 2.05. The summed E-state index contributed by atoms with van der Waals surface area (Å²) in [6, 6.07) is 0. The van der Waals surface area contributed by atoms with E-state index in [4.69, 9.17) is 9.47 Å². The van der Waals surface area contributed by atoms with E-state index < -0.39 is 43.4 Å². The molecule has 1 aliphatic carbocycles. The van der Waals surface area contributed by atoms with E-state index in [0.29, 0.717) is 12.8 Å². The highest BCUT2D eigenvalue weighted by Gasteiger charge is 2.44. The van der Waals surface area contributed by atoms with Crippen molar-refractivity contribution in [3.8, 4) is 0 Å². The van der Waals surface area contributed by atoms with Gasteiger partial charge in [0.2, 0.25) is 0 Å². The molecule has 0 aromatic heterocycles. The van der Waals surface area contributed by atoms with E-state index in [1.165, 1.54) is 0 Å². The van der Waals surface area contributed by atoms with Crippen molar-refractivity contribution in [1.82, 2.24) is 0 Å². The minimum Gasteiger partial charge on any atom is -0.394 e. The van der Waals surface area contributed by atoms with Gasteiger partial charge in [-0.25, -0.2) is 0 Å². The maximum absolute atomic E-state index is 10.0. The summed E-state index contributed by atoms with van der Waals surface area (Å²) in [6.07, 6.45) is -2.03. The summed E-state index contributed by atoms with van der Waals surface area (Å²) in [7, 11) is 0. The predicted octanol–water partition coefficient (Wildman–Crippen LogP) is 0.245. The summed E-state index contributed by atoms with van der Waals surface area (Å²) in [6.45, 7) is 7.46. The van der Waals surface area contributed by atoms with Crippen LogP contribution in [0.3, 0.4) is 0 Å². The van der Waals surface area contributed by atoms with Gasteiger partial charge < -0.3 is 35.0 Å². The lowest BCUT2D eigenvalue weighted by molar-refractivity contribution is -0.306. The summed E-state index contributed by atoms with van der Waals surface area (Å²) in [5.74, 6) is 0. The highest BCUT2D eigenvalue weighted by atomic mass is 16.7. The average molecular weight is 372 g/mol. The van der Waals surface area contributed by atoms with Gasteiger partial charge in [-0.2, -0.15) is 0 Å². The van der Waals surface area contributed by atoms with Crippen LogP contribution < -0.4 is 0 Å². The minimum absolute atomic E-state index is 0.152. The molecular weight excluding hydrogens is 340 g/mol. The van der Waals surface area contributed by atoms with Gasteiger partial charge in [0.1, 0.15) is 24.4 Å². The van der Waals surface area contributed by atoms with Crippen LogP contribution in [0.15, 0.2) is 23.3 Å². The lowest BCUT2D eigenvalue weighted by atomic mass is 9.71. The van der Waals surface area contributed by atoms with E-state index in [0.717, 1.165) is 11.1 Å². The zero-order valence-corrected chi connectivity index (χ0v) is 15.9. The molecule has 0 bridgehead atoms. The fourth-order valence-electron chi connectivity index (χ4n) is 3.85. The first-order valence-corrected chi connectivity index (χ1v) is 9.09. The monoisotopic (exact) mass is 372 g/mol. The van der Waals surface area contributed by atoms with Crippen molar-refractivity contribution in [1.29, 1.82) is 0 Å². The standard InChI is InChI=1S/C19H32O7/c1-10-7-12(21)8-19(3,4)13(10)6-5-11(2)25-18-17(24)16(23)15(22)14(9-20)26-18/h5-6,11-12,14-18,20-24H,7-9H2,1-4H3/b6-5+/t11?,12?,14-,15-,16+,17-,18-/m1/s1. The van der Waals surface area contributed by atoms with Crippen molar-refractivity contribution < 1.29 is 35.0 Å². The van der Waals surface area contributed by atoms with Crippen molar-refractivity contribution >= 4 is 0 Å². The molecule has 0 aromatic carbocycles. The van der Waals surface area contributed by atoms with Crippen LogP contribution in [-0.4, -0.2) is 75.1 Å². The highest BCUT2D eigenvalue weighted by molar-refractivity contribution is 5.33. The van der Waals surface area contributed by atoms with E-state index >= 15 is 0 Å². The van der Waals surface area contributed by atoms with Crippen LogP contribution in [0.4, 0.5) is 0 Å². The Morgan fingerprint density at radius 1 is 1.19 bits per heavy atom. The number of allylic oxidation sites excluding steroid dienone is 2. The molecule has 0 spiro atoms. The zero-order chi connectivity index (χ0) is 19.6. The molecule has 2 rings (SSSR count). The molecular formula is C19H32O7. The van der Waals surface area contributed by atoms with Crippen LogP contribution in [-0.2, 0) is 9.47 Å². The van der Waals surface area contributed by atoms with E-state index in [9.17, 15) is 25.5 Å². The van der Waals surface area contributed by atoms with Crippen molar-refractivity contribution in [2.75, 3.05) is 6.61 Å². The maximum atomic E-state index is 10.0. The Labute approximate surface area is 154 Å². The van der Waals surface area contributed by atoms with Crippen molar-refractivity contribution in [2.24, 2.45) is 5.41 Å². The summed E-state index contributed by atoms with van der Waals surface area (Å²) in [5.41, 5.74) is 2.12. The zero-order valence-electron chi connectivity index (χ0n) is 15.9. The molecule has 1 saturated heterocycles. The van der Waals surface area contributed by atoms with Crippen LogP contribution in [0.2, 0.25) is 0 Å². The van der Waals surface area contributed by atoms with Crippen molar-refractivity contribution in [3.63, 3.8) is 0 Å². The lowest BCUT2D eigenvalue weighted by Gasteiger charge is -2.40. The molecule has 0 amide bonds. The normalized spacial score (nSPS) is 39.4. The molecule has 7 atom stereocenters. The Hall–Kier alpha value is -0.800. The second-order valence-electron chi connectivity index (χ2n) is 8.04. The number of aliphatic hydroxyl groups is 5. The molecule has 1 fully saturated rings. The first-order valence-electron chi connectivity index (χ1n) is 9.09. The number of hydrogen-bond acceptors (Lipinski definition) is 7. The molecule has 150 valence electrons. The van der Waals surface area contributed by atoms with Crippen molar-refractivity contribution in [2.45, 2.75) is 83.5 Å². The third kappa shape index (κ3) is 4.72. The SMILES string of the molecule is CC1=C(/C=C/C(C)O[C@@H]2O[C@H](CO)[C@@H](O)[C@H](O)[C@H]2O)C(C)(C)CC(O)C1. The molecule has 5 N–H and O–H groups in total. The van der Waals surface area contributed by atoms with Gasteiger partial charge in [-0.15, -0.1) is 0 Å². The topological polar surface area (TPSA) is 120 Å². The largest absolute Gasteiger partial charge is 0.394 e. The molecule has 7 heteroatoms. The van der Waals surface area contributed by atoms with Gasteiger partial charge in [0, 0.05) is 0 Å². The van der Waals surface area contributed by atoms with E-state index in [2.05, 4.69) is 13.8 Å². The molecule has 0 radical (unpaired) electrons. The van der Waals surface area contributed by atoms with Crippen LogP contribution in [0.1, 0.15) is 40.5 Å². The van der Waals surface area contributed by atoms with Crippen LogP contribution in [0, 0.1) is 5.41 Å².